The van der Waals surface area contributed by atoms with Gasteiger partial charge < -0.3 is 14.5 Å². The third kappa shape index (κ3) is 5.26. The van der Waals surface area contributed by atoms with Crippen LogP contribution in [-0.2, 0) is 6.42 Å². The van der Waals surface area contributed by atoms with Crippen molar-refractivity contribution in [3.8, 4) is 5.75 Å². The number of ether oxygens (including phenoxy) is 1. The molecule has 4 aromatic rings. The molecule has 1 aromatic heterocycles. The van der Waals surface area contributed by atoms with Gasteiger partial charge in [0.25, 0.3) is 0 Å². The molecule has 0 spiro atoms. The van der Waals surface area contributed by atoms with Gasteiger partial charge in [-0.3, -0.25) is 4.79 Å². The molecule has 0 unspecified atom stereocenters. The van der Waals surface area contributed by atoms with E-state index in [0.717, 1.165) is 30.3 Å². The number of ketones is 1. The first kappa shape index (κ1) is 23.0. The average molecular weight is 459 g/mol. The lowest BCUT2D eigenvalue weighted by Gasteiger charge is -2.06. The summed E-state index contributed by atoms with van der Waals surface area (Å²) >= 11 is 0. The van der Waals surface area contributed by atoms with Crippen molar-refractivity contribution in [1.29, 1.82) is 0 Å². The van der Waals surface area contributed by atoms with E-state index in [0.29, 0.717) is 28.9 Å². The van der Waals surface area contributed by atoms with Crippen LogP contribution < -0.4 is 15.8 Å². The molecule has 34 heavy (non-hydrogen) atoms. The maximum Gasteiger partial charge on any atom is 0.428 e. The van der Waals surface area contributed by atoms with Crippen LogP contribution in [0.5, 0.6) is 5.75 Å². The lowest BCUT2D eigenvalue weighted by Crippen LogP contribution is -2.34. The second-order valence-electron chi connectivity index (χ2n) is 7.97. The van der Waals surface area contributed by atoms with E-state index in [-0.39, 0.29) is 11.4 Å². The van der Waals surface area contributed by atoms with Crippen molar-refractivity contribution < 1.29 is 18.7 Å². The van der Waals surface area contributed by atoms with Gasteiger partial charge in [-0.2, -0.15) is 4.57 Å². The normalized spacial score (nSPS) is 10.9. The summed E-state index contributed by atoms with van der Waals surface area (Å²) < 4.78 is 11.3. The zero-order valence-electron chi connectivity index (χ0n) is 19.0. The quantitative estimate of drug-likeness (QED) is 0.287. The molecule has 0 saturated carbocycles. The fraction of sp³-hybridized carbons (Fsp3) is 0.222. The zero-order chi connectivity index (χ0) is 23.9. The fourth-order valence-electron chi connectivity index (χ4n) is 3.81. The number of carbonyl (C=O) groups excluding carboxylic acids is 2. The smallest absolute Gasteiger partial charge is 0.428 e. The summed E-state index contributed by atoms with van der Waals surface area (Å²) in [6.07, 6.45) is 3.80. The molecule has 1 heterocycles. The number of nitrogens with zero attached hydrogens (tertiary/aromatic N) is 1. The standard InChI is InChI=1S/C27H26N2O5/c1-33-22-14-11-20(12-15-22)25(30)21-13-16-23-24(18-21)34-27(32)29(23)26(31)28-17-7-3-6-10-19-8-4-2-5-9-19/h2,4-5,8-9,11-16,18H,3,6-7,10,17H2,1H3,(H,28,31). The van der Waals surface area contributed by atoms with Gasteiger partial charge in [-0.25, -0.2) is 9.59 Å². The highest BCUT2D eigenvalue weighted by molar-refractivity contribution is 6.10. The lowest BCUT2D eigenvalue weighted by molar-refractivity contribution is 0.103. The van der Waals surface area contributed by atoms with Crippen LogP contribution in [-0.4, -0.2) is 30.0 Å². The van der Waals surface area contributed by atoms with Gasteiger partial charge in [0.15, 0.2) is 11.4 Å². The molecule has 174 valence electrons. The maximum absolute atomic E-state index is 12.8. The molecule has 1 N–H and O–H groups in total. The van der Waals surface area contributed by atoms with Gasteiger partial charge in [-0.1, -0.05) is 36.8 Å². The molecule has 0 fully saturated rings. The Kier molecular flexibility index (Phi) is 7.22. The van der Waals surface area contributed by atoms with E-state index in [1.807, 2.05) is 18.2 Å². The number of methoxy groups -OCH3 is 1. The van der Waals surface area contributed by atoms with Crippen molar-refractivity contribution >= 4 is 22.9 Å². The Labute approximate surface area is 197 Å². The summed E-state index contributed by atoms with van der Waals surface area (Å²) in [5.41, 5.74) is 2.64. The highest BCUT2D eigenvalue weighted by atomic mass is 16.5. The highest BCUT2D eigenvalue weighted by Crippen LogP contribution is 2.19. The van der Waals surface area contributed by atoms with Gasteiger partial charge >= 0.3 is 11.8 Å². The Morgan fingerprint density at radius 1 is 0.912 bits per heavy atom. The summed E-state index contributed by atoms with van der Waals surface area (Å²) in [6, 6.07) is 21.1. The van der Waals surface area contributed by atoms with Crippen LogP contribution >= 0.6 is 0 Å². The second kappa shape index (κ2) is 10.7. The molecular weight excluding hydrogens is 432 g/mol. The molecule has 0 aliphatic heterocycles. The predicted molar refractivity (Wildman–Crippen MR) is 130 cm³/mol. The van der Waals surface area contributed by atoms with E-state index < -0.39 is 11.8 Å². The largest absolute Gasteiger partial charge is 0.497 e. The number of oxazole rings is 1. The van der Waals surface area contributed by atoms with Crippen molar-refractivity contribution in [3.63, 3.8) is 0 Å². The first-order valence-corrected chi connectivity index (χ1v) is 11.2. The van der Waals surface area contributed by atoms with Gasteiger partial charge in [0.2, 0.25) is 0 Å². The summed E-state index contributed by atoms with van der Waals surface area (Å²) in [4.78, 5) is 37.7. The number of hydrogen-bond donors (Lipinski definition) is 1. The highest BCUT2D eigenvalue weighted by Gasteiger charge is 2.18. The number of nitrogens with one attached hydrogen (secondary N) is 1. The van der Waals surface area contributed by atoms with Gasteiger partial charge in [0.1, 0.15) is 5.75 Å². The first-order chi connectivity index (χ1) is 16.6. The number of unbranched alkanes of at least 4 members (excludes halogenated alkanes) is 2. The Bertz CT molecular complexity index is 1340. The number of aryl methyl sites for hydroxylation is 1. The van der Waals surface area contributed by atoms with Gasteiger partial charge in [0.05, 0.1) is 12.6 Å². The third-order valence-corrected chi connectivity index (χ3v) is 5.66. The van der Waals surface area contributed by atoms with Crippen LogP contribution in [0.15, 0.2) is 82.0 Å². The van der Waals surface area contributed by atoms with Crippen LogP contribution in [0.3, 0.4) is 0 Å². The van der Waals surface area contributed by atoms with Gasteiger partial charge in [0, 0.05) is 17.7 Å². The number of benzene rings is 3. The number of fused-ring (bicyclic) bond motifs is 1. The van der Waals surface area contributed by atoms with E-state index in [1.165, 1.54) is 11.6 Å². The molecule has 7 nitrogen and oxygen atoms in total. The van der Waals surface area contributed by atoms with Crippen molar-refractivity contribution in [3.05, 3.63) is 100 Å². The summed E-state index contributed by atoms with van der Waals surface area (Å²) in [6.45, 7) is 0.459. The Balaban J connectivity index is 1.37. The first-order valence-electron chi connectivity index (χ1n) is 11.2. The van der Waals surface area contributed by atoms with E-state index >= 15 is 0 Å². The monoisotopic (exact) mass is 458 g/mol. The second-order valence-corrected chi connectivity index (χ2v) is 7.97. The molecule has 0 bridgehead atoms. The van der Waals surface area contributed by atoms with E-state index in [9.17, 15) is 14.4 Å². The molecule has 0 atom stereocenters. The van der Waals surface area contributed by atoms with E-state index in [2.05, 4.69) is 17.4 Å². The topological polar surface area (TPSA) is 90.5 Å². The van der Waals surface area contributed by atoms with Gasteiger partial charge in [-0.05, 0) is 67.3 Å². The van der Waals surface area contributed by atoms with Crippen LogP contribution in [0.25, 0.3) is 11.1 Å². The van der Waals surface area contributed by atoms with Crippen molar-refractivity contribution in [2.75, 3.05) is 13.7 Å². The number of carbonyl (C=O) groups is 2. The van der Waals surface area contributed by atoms with Crippen molar-refractivity contribution in [2.24, 2.45) is 0 Å². The minimum absolute atomic E-state index is 0.183. The average Bonchev–Trinajstić information content (AvgIpc) is 3.21. The predicted octanol–water partition coefficient (Wildman–Crippen LogP) is 4.80. The van der Waals surface area contributed by atoms with E-state index in [4.69, 9.17) is 9.15 Å². The third-order valence-electron chi connectivity index (χ3n) is 5.66. The number of aromatic nitrogens is 1. The molecule has 0 saturated heterocycles. The summed E-state index contributed by atoms with van der Waals surface area (Å²) in [5, 5.41) is 2.78. The number of hydrogen-bond acceptors (Lipinski definition) is 5. The molecule has 7 heteroatoms. The van der Waals surface area contributed by atoms with Crippen LogP contribution in [0.4, 0.5) is 4.79 Å². The Morgan fingerprint density at radius 2 is 1.65 bits per heavy atom. The van der Waals surface area contributed by atoms with Crippen LogP contribution in [0.2, 0.25) is 0 Å². The number of rotatable bonds is 9. The minimum Gasteiger partial charge on any atom is -0.497 e. The summed E-state index contributed by atoms with van der Waals surface area (Å²) in [7, 11) is 1.56. The van der Waals surface area contributed by atoms with Crippen molar-refractivity contribution in [2.45, 2.75) is 25.7 Å². The van der Waals surface area contributed by atoms with Gasteiger partial charge in [-0.15, -0.1) is 0 Å². The lowest BCUT2D eigenvalue weighted by atomic mass is 10.0. The van der Waals surface area contributed by atoms with Crippen LogP contribution in [0, 0.1) is 0 Å². The van der Waals surface area contributed by atoms with E-state index in [1.54, 1.807) is 43.5 Å². The molecule has 0 aliphatic carbocycles. The molecular formula is C27H26N2O5. The number of amides is 1. The molecule has 3 aromatic carbocycles. The molecule has 0 radical (unpaired) electrons. The zero-order valence-corrected chi connectivity index (χ0v) is 19.0. The SMILES string of the molecule is COc1ccc(C(=O)c2ccc3c(c2)oc(=O)n3C(=O)NCCCCCc2ccccc2)cc1. The fourth-order valence-corrected chi connectivity index (χ4v) is 3.81. The Hall–Kier alpha value is -4.13. The molecule has 1 amide bonds. The summed E-state index contributed by atoms with van der Waals surface area (Å²) in [5.74, 6) is -0.359. The van der Waals surface area contributed by atoms with Crippen molar-refractivity contribution in [1.82, 2.24) is 9.88 Å². The minimum atomic E-state index is -0.786. The molecule has 4 rings (SSSR count). The maximum atomic E-state index is 12.8. The van der Waals surface area contributed by atoms with Crippen LogP contribution in [0.1, 0.15) is 40.7 Å². The molecule has 0 aliphatic rings. The Morgan fingerprint density at radius 3 is 2.38 bits per heavy atom.